The minimum atomic E-state index is -0.738. The second-order valence-electron chi connectivity index (χ2n) is 7.65. The number of hydrogen-bond donors (Lipinski definition) is 1. The lowest BCUT2D eigenvalue weighted by atomic mass is 10.0. The van der Waals surface area contributed by atoms with E-state index in [4.69, 9.17) is 14.6 Å². The standard InChI is InChI=1S/C24H40O6/c1-4-7-15-20(29-23(27)5-2)17-14-18-21(30-24(28)6-3)16-12-10-8-9-11-13-19-22(25)26/h5-6,20-21H,2-4,7-19H2,1H3,(H,25,26). The van der Waals surface area contributed by atoms with Gasteiger partial charge in [-0.05, 0) is 44.9 Å². The van der Waals surface area contributed by atoms with Crippen LogP contribution in [0.4, 0.5) is 0 Å². The number of hydrogen-bond acceptors (Lipinski definition) is 5. The topological polar surface area (TPSA) is 89.9 Å². The van der Waals surface area contributed by atoms with Crippen molar-refractivity contribution in [3.05, 3.63) is 25.3 Å². The van der Waals surface area contributed by atoms with Crippen molar-refractivity contribution in [1.29, 1.82) is 0 Å². The van der Waals surface area contributed by atoms with Gasteiger partial charge in [0.2, 0.25) is 0 Å². The molecule has 0 fully saturated rings. The van der Waals surface area contributed by atoms with Crippen molar-refractivity contribution in [2.75, 3.05) is 0 Å². The zero-order chi connectivity index (χ0) is 22.6. The highest BCUT2D eigenvalue weighted by Crippen LogP contribution is 2.19. The van der Waals surface area contributed by atoms with Gasteiger partial charge in [0.15, 0.2) is 0 Å². The molecule has 0 saturated carbocycles. The van der Waals surface area contributed by atoms with E-state index in [2.05, 4.69) is 20.1 Å². The molecule has 6 heteroatoms. The predicted octanol–water partition coefficient (Wildman–Crippen LogP) is 5.75. The van der Waals surface area contributed by atoms with Gasteiger partial charge in [0.1, 0.15) is 12.2 Å². The van der Waals surface area contributed by atoms with Crippen LogP contribution in [0.25, 0.3) is 0 Å². The lowest BCUT2D eigenvalue weighted by Gasteiger charge is -2.20. The largest absolute Gasteiger partial charge is 0.481 e. The summed E-state index contributed by atoms with van der Waals surface area (Å²) in [7, 11) is 0. The Hall–Kier alpha value is -2.11. The van der Waals surface area contributed by atoms with E-state index in [1.54, 1.807) is 0 Å². The monoisotopic (exact) mass is 424 g/mol. The van der Waals surface area contributed by atoms with Gasteiger partial charge in [-0.15, -0.1) is 0 Å². The van der Waals surface area contributed by atoms with E-state index < -0.39 is 17.9 Å². The molecule has 0 spiro atoms. The van der Waals surface area contributed by atoms with E-state index in [-0.39, 0.29) is 18.6 Å². The molecule has 0 bridgehead atoms. The maximum Gasteiger partial charge on any atom is 0.330 e. The molecule has 0 radical (unpaired) electrons. The number of rotatable bonds is 20. The van der Waals surface area contributed by atoms with Crippen molar-refractivity contribution in [3.63, 3.8) is 0 Å². The number of ether oxygens (including phenoxy) is 2. The number of carbonyl (C=O) groups excluding carboxylic acids is 2. The van der Waals surface area contributed by atoms with Gasteiger partial charge in [0, 0.05) is 18.6 Å². The second kappa shape index (κ2) is 18.9. The average Bonchev–Trinajstić information content (AvgIpc) is 2.72. The predicted molar refractivity (Wildman–Crippen MR) is 118 cm³/mol. The van der Waals surface area contributed by atoms with Crippen LogP contribution >= 0.6 is 0 Å². The molecule has 172 valence electrons. The van der Waals surface area contributed by atoms with Crippen molar-refractivity contribution in [2.45, 2.75) is 109 Å². The van der Waals surface area contributed by atoms with Gasteiger partial charge in [-0.1, -0.05) is 58.6 Å². The summed E-state index contributed by atoms with van der Waals surface area (Å²) in [5, 5.41) is 8.63. The Bertz CT molecular complexity index is 514. The fraction of sp³-hybridized carbons (Fsp3) is 0.708. The van der Waals surface area contributed by atoms with Crippen LogP contribution in [0.15, 0.2) is 25.3 Å². The summed E-state index contributed by atoms with van der Waals surface area (Å²) in [6.45, 7) is 9.02. The molecule has 30 heavy (non-hydrogen) atoms. The van der Waals surface area contributed by atoms with E-state index >= 15 is 0 Å². The van der Waals surface area contributed by atoms with Crippen LogP contribution in [0.5, 0.6) is 0 Å². The van der Waals surface area contributed by atoms with E-state index in [1.807, 2.05) is 0 Å². The van der Waals surface area contributed by atoms with Gasteiger partial charge < -0.3 is 14.6 Å². The van der Waals surface area contributed by atoms with Gasteiger partial charge in [-0.3, -0.25) is 4.79 Å². The van der Waals surface area contributed by atoms with Crippen LogP contribution in [0, 0.1) is 0 Å². The van der Waals surface area contributed by atoms with Crippen LogP contribution in [0.2, 0.25) is 0 Å². The zero-order valence-corrected chi connectivity index (χ0v) is 18.6. The van der Waals surface area contributed by atoms with Gasteiger partial charge >= 0.3 is 17.9 Å². The molecular weight excluding hydrogens is 384 g/mol. The summed E-state index contributed by atoms with van der Waals surface area (Å²) < 4.78 is 10.9. The van der Waals surface area contributed by atoms with Crippen molar-refractivity contribution in [2.24, 2.45) is 0 Å². The Balaban J connectivity index is 4.28. The summed E-state index contributed by atoms with van der Waals surface area (Å²) in [5.74, 6) is -1.54. The molecule has 0 aliphatic carbocycles. The molecule has 0 heterocycles. The first-order valence-electron chi connectivity index (χ1n) is 11.3. The van der Waals surface area contributed by atoms with Crippen molar-refractivity contribution in [3.8, 4) is 0 Å². The third-order valence-electron chi connectivity index (χ3n) is 5.00. The number of unbranched alkanes of at least 4 members (excludes halogenated alkanes) is 6. The molecule has 1 N–H and O–H groups in total. The summed E-state index contributed by atoms with van der Waals surface area (Å²) in [5.41, 5.74) is 0. The highest BCUT2D eigenvalue weighted by molar-refractivity contribution is 5.81. The highest BCUT2D eigenvalue weighted by Gasteiger charge is 2.16. The fourth-order valence-electron chi connectivity index (χ4n) is 3.31. The molecule has 0 aromatic heterocycles. The zero-order valence-electron chi connectivity index (χ0n) is 18.6. The second-order valence-corrected chi connectivity index (χ2v) is 7.65. The van der Waals surface area contributed by atoms with Crippen molar-refractivity contribution >= 4 is 17.9 Å². The SMILES string of the molecule is C=CC(=O)OC(CCCC)CCCC(CCCCCCCCC(=O)O)OC(=O)C=C. The Kier molecular flexibility index (Phi) is 17.6. The first kappa shape index (κ1) is 27.9. The minimum Gasteiger partial charge on any atom is -0.481 e. The highest BCUT2D eigenvalue weighted by atomic mass is 16.5. The van der Waals surface area contributed by atoms with Crippen LogP contribution in [-0.2, 0) is 23.9 Å². The first-order chi connectivity index (χ1) is 14.4. The summed E-state index contributed by atoms with van der Waals surface area (Å²) in [4.78, 5) is 33.7. The average molecular weight is 425 g/mol. The van der Waals surface area contributed by atoms with Crippen molar-refractivity contribution in [1.82, 2.24) is 0 Å². The summed E-state index contributed by atoms with van der Waals surface area (Å²) >= 11 is 0. The summed E-state index contributed by atoms with van der Waals surface area (Å²) in [6.07, 6.45) is 14.0. The lowest BCUT2D eigenvalue weighted by Crippen LogP contribution is -2.20. The van der Waals surface area contributed by atoms with E-state index in [0.717, 1.165) is 83.5 Å². The molecule has 0 aliphatic heterocycles. The van der Waals surface area contributed by atoms with Gasteiger partial charge in [0.05, 0.1) is 0 Å². The maximum absolute atomic E-state index is 11.6. The van der Waals surface area contributed by atoms with E-state index in [0.29, 0.717) is 0 Å². The van der Waals surface area contributed by atoms with E-state index in [1.165, 1.54) is 12.2 Å². The van der Waals surface area contributed by atoms with Crippen molar-refractivity contribution < 1.29 is 29.0 Å². The Labute approximate surface area is 181 Å². The third kappa shape index (κ3) is 16.8. The molecule has 0 aromatic rings. The van der Waals surface area contributed by atoms with Gasteiger partial charge in [-0.2, -0.15) is 0 Å². The number of carboxylic acids is 1. The Morgan fingerprint density at radius 2 is 1.17 bits per heavy atom. The lowest BCUT2D eigenvalue weighted by molar-refractivity contribution is -0.144. The summed E-state index contributed by atoms with van der Waals surface area (Å²) in [6, 6.07) is 0. The number of aliphatic carboxylic acids is 1. The number of carboxylic acid groups (broad SMARTS) is 1. The molecule has 2 atom stereocenters. The molecule has 6 nitrogen and oxygen atoms in total. The molecule has 0 aliphatic rings. The third-order valence-corrected chi connectivity index (χ3v) is 5.00. The van der Waals surface area contributed by atoms with Crippen LogP contribution in [-0.4, -0.2) is 35.2 Å². The molecule has 0 amide bonds. The Morgan fingerprint density at radius 3 is 1.63 bits per heavy atom. The smallest absolute Gasteiger partial charge is 0.330 e. The minimum absolute atomic E-state index is 0.128. The van der Waals surface area contributed by atoms with Crippen LogP contribution in [0.3, 0.4) is 0 Å². The molecule has 0 aromatic carbocycles. The Morgan fingerprint density at radius 1 is 0.733 bits per heavy atom. The fourth-order valence-corrected chi connectivity index (χ4v) is 3.31. The number of esters is 2. The van der Waals surface area contributed by atoms with Gasteiger partial charge in [0.25, 0.3) is 0 Å². The molecule has 0 rings (SSSR count). The van der Waals surface area contributed by atoms with E-state index in [9.17, 15) is 14.4 Å². The normalized spacial score (nSPS) is 12.6. The quantitative estimate of drug-likeness (QED) is 0.152. The molecule has 2 unspecified atom stereocenters. The van der Waals surface area contributed by atoms with Gasteiger partial charge in [-0.25, -0.2) is 9.59 Å². The van der Waals surface area contributed by atoms with Crippen LogP contribution in [0.1, 0.15) is 96.8 Å². The maximum atomic E-state index is 11.6. The van der Waals surface area contributed by atoms with Crippen LogP contribution < -0.4 is 0 Å². The molecule has 0 saturated heterocycles. The number of carbonyl (C=O) groups is 3. The molecular formula is C24H40O6. The first-order valence-corrected chi connectivity index (χ1v) is 11.3.